The van der Waals surface area contributed by atoms with Crippen LogP contribution >= 0.6 is 0 Å². The van der Waals surface area contributed by atoms with Gasteiger partial charge in [0.2, 0.25) is 5.76 Å². The van der Waals surface area contributed by atoms with Crippen LogP contribution in [0.1, 0.15) is 40.3 Å². The van der Waals surface area contributed by atoms with Crippen LogP contribution < -0.4 is 5.32 Å². The number of para-hydroxylation sites is 2. The average molecular weight is 395 g/mol. The monoisotopic (exact) mass is 395 g/mol. The van der Waals surface area contributed by atoms with Gasteiger partial charge in [-0.15, -0.1) is 0 Å². The van der Waals surface area contributed by atoms with Crippen LogP contribution in [0.25, 0.3) is 11.0 Å². The van der Waals surface area contributed by atoms with E-state index in [-0.39, 0.29) is 18.2 Å². The molecule has 0 spiro atoms. The van der Waals surface area contributed by atoms with Crippen molar-refractivity contribution in [1.29, 1.82) is 0 Å². The number of furan rings is 1. The number of benzene rings is 2. The number of methoxy groups -OCH3 is 1. The Morgan fingerprint density at radius 2 is 1.76 bits per heavy atom. The van der Waals surface area contributed by atoms with Crippen LogP contribution in [0.3, 0.4) is 0 Å². The highest BCUT2D eigenvalue weighted by atomic mass is 16.6. The molecular formula is C22H21NO6. The number of nitrogens with one attached hydrogen (secondary N) is 1. The molecule has 7 heteroatoms. The fourth-order valence-corrected chi connectivity index (χ4v) is 2.95. The third kappa shape index (κ3) is 4.35. The SMILES string of the molecule is COCc1c(C(=O)O[C@@H](C)C(=O)Nc2ccccc2C(C)=O)oc2ccccc12. The van der Waals surface area contributed by atoms with E-state index in [0.29, 0.717) is 22.4 Å². The predicted molar refractivity (Wildman–Crippen MR) is 107 cm³/mol. The van der Waals surface area contributed by atoms with E-state index in [1.165, 1.54) is 21.0 Å². The summed E-state index contributed by atoms with van der Waals surface area (Å²) < 4.78 is 16.1. The molecule has 0 aliphatic carbocycles. The first-order chi connectivity index (χ1) is 13.9. The molecule has 0 aliphatic heterocycles. The van der Waals surface area contributed by atoms with Gasteiger partial charge in [0.25, 0.3) is 5.91 Å². The van der Waals surface area contributed by atoms with E-state index in [9.17, 15) is 14.4 Å². The van der Waals surface area contributed by atoms with Crippen LogP contribution in [0.15, 0.2) is 52.9 Å². The van der Waals surface area contributed by atoms with Crippen molar-refractivity contribution in [2.24, 2.45) is 0 Å². The van der Waals surface area contributed by atoms with Crippen molar-refractivity contribution < 1.29 is 28.3 Å². The smallest absolute Gasteiger partial charge is 0.375 e. The number of anilines is 1. The summed E-state index contributed by atoms with van der Waals surface area (Å²) >= 11 is 0. The molecule has 3 rings (SSSR count). The van der Waals surface area contributed by atoms with Crippen molar-refractivity contribution in [1.82, 2.24) is 0 Å². The summed E-state index contributed by atoms with van der Waals surface area (Å²) in [4.78, 5) is 36.8. The van der Waals surface area contributed by atoms with E-state index in [2.05, 4.69) is 5.32 Å². The number of fused-ring (bicyclic) bond motifs is 1. The highest BCUT2D eigenvalue weighted by Gasteiger charge is 2.26. The molecule has 3 aromatic rings. The molecule has 0 fully saturated rings. The molecule has 1 heterocycles. The van der Waals surface area contributed by atoms with E-state index in [1.54, 1.807) is 36.4 Å². The fraction of sp³-hybridized carbons (Fsp3) is 0.227. The molecule has 0 unspecified atom stereocenters. The van der Waals surface area contributed by atoms with E-state index in [1.807, 2.05) is 12.1 Å². The topological polar surface area (TPSA) is 94.8 Å². The summed E-state index contributed by atoms with van der Waals surface area (Å²) in [6, 6.07) is 13.8. The van der Waals surface area contributed by atoms with Gasteiger partial charge in [0.05, 0.1) is 12.3 Å². The van der Waals surface area contributed by atoms with E-state index >= 15 is 0 Å². The van der Waals surface area contributed by atoms with Gasteiger partial charge in [-0.25, -0.2) is 4.79 Å². The number of ether oxygens (including phenoxy) is 2. The summed E-state index contributed by atoms with van der Waals surface area (Å²) in [6.07, 6.45) is -1.11. The lowest BCUT2D eigenvalue weighted by molar-refractivity contribution is -0.123. The Morgan fingerprint density at radius 1 is 1.07 bits per heavy atom. The van der Waals surface area contributed by atoms with Crippen LogP contribution in [-0.2, 0) is 20.9 Å². The third-order valence-electron chi connectivity index (χ3n) is 4.39. The number of ketones is 1. The molecule has 1 N–H and O–H groups in total. The first-order valence-electron chi connectivity index (χ1n) is 9.03. The number of carbonyl (C=O) groups is 3. The summed E-state index contributed by atoms with van der Waals surface area (Å²) in [5, 5.41) is 3.37. The van der Waals surface area contributed by atoms with Gasteiger partial charge in [-0.05, 0) is 32.0 Å². The number of Topliss-reactive ketones (excluding diaryl/α,β-unsaturated/α-hetero) is 1. The Bertz CT molecular complexity index is 1070. The Hall–Kier alpha value is -3.45. The van der Waals surface area contributed by atoms with Gasteiger partial charge in [-0.1, -0.05) is 30.3 Å². The van der Waals surface area contributed by atoms with Crippen molar-refractivity contribution in [3.63, 3.8) is 0 Å². The van der Waals surface area contributed by atoms with Gasteiger partial charge in [0.1, 0.15) is 5.58 Å². The van der Waals surface area contributed by atoms with Gasteiger partial charge in [-0.2, -0.15) is 0 Å². The van der Waals surface area contributed by atoms with Crippen molar-refractivity contribution >= 4 is 34.3 Å². The lowest BCUT2D eigenvalue weighted by Gasteiger charge is -2.14. The number of hydrogen-bond donors (Lipinski definition) is 1. The Labute approximate surface area is 167 Å². The second-order valence-corrected chi connectivity index (χ2v) is 6.48. The summed E-state index contributed by atoms with van der Waals surface area (Å²) in [7, 11) is 1.51. The molecule has 1 amide bonds. The zero-order valence-electron chi connectivity index (χ0n) is 16.4. The highest BCUT2D eigenvalue weighted by Crippen LogP contribution is 2.27. The molecule has 150 valence electrons. The van der Waals surface area contributed by atoms with Gasteiger partial charge >= 0.3 is 5.97 Å². The molecule has 0 bridgehead atoms. The molecule has 29 heavy (non-hydrogen) atoms. The Kier molecular flexibility index (Phi) is 6.09. The molecule has 2 aromatic carbocycles. The normalized spacial score (nSPS) is 11.8. The van der Waals surface area contributed by atoms with Gasteiger partial charge in [0, 0.05) is 23.6 Å². The number of amides is 1. The van der Waals surface area contributed by atoms with Crippen molar-refractivity contribution in [2.75, 3.05) is 12.4 Å². The maximum atomic E-state index is 12.6. The minimum Gasteiger partial charge on any atom is -0.449 e. The van der Waals surface area contributed by atoms with Gasteiger partial charge in [0.15, 0.2) is 11.9 Å². The molecule has 0 saturated carbocycles. The first kappa shape index (κ1) is 20.3. The second kappa shape index (κ2) is 8.70. The van der Waals surface area contributed by atoms with E-state index in [0.717, 1.165) is 5.39 Å². The molecule has 0 saturated heterocycles. The third-order valence-corrected chi connectivity index (χ3v) is 4.39. The highest BCUT2D eigenvalue weighted by molar-refractivity contribution is 6.05. The quantitative estimate of drug-likeness (QED) is 0.481. The lowest BCUT2D eigenvalue weighted by Crippen LogP contribution is -2.30. The maximum Gasteiger partial charge on any atom is 0.375 e. The molecular weight excluding hydrogens is 374 g/mol. The standard InChI is InChI=1S/C22H21NO6/c1-13(24)15-8-4-6-10-18(15)23-21(25)14(2)28-22(26)20-17(12-27-3)16-9-5-7-11-19(16)29-20/h4-11,14H,12H2,1-3H3,(H,23,25)/t14-/m0/s1. The molecule has 0 aliphatic rings. The Balaban J connectivity index is 1.77. The summed E-state index contributed by atoms with van der Waals surface area (Å²) in [6.45, 7) is 3.02. The lowest BCUT2D eigenvalue weighted by atomic mass is 10.1. The zero-order chi connectivity index (χ0) is 21.0. The predicted octanol–water partition coefficient (Wildman–Crippen LogP) is 3.97. The first-order valence-corrected chi connectivity index (χ1v) is 9.03. The van der Waals surface area contributed by atoms with Crippen molar-refractivity contribution in [3.8, 4) is 0 Å². The molecule has 1 atom stereocenters. The van der Waals surface area contributed by atoms with Crippen molar-refractivity contribution in [3.05, 3.63) is 65.4 Å². The number of carbonyl (C=O) groups excluding carboxylic acids is 3. The number of rotatable bonds is 7. The molecule has 0 radical (unpaired) electrons. The van der Waals surface area contributed by atoms with Crippen LogP contribution in [0.4, 0.5) is 5.69 Å². The Morgan fingerprint density at radius 3 is 2.48 bits per heavy atom. The number of esters is 1. The van der Waals surface area contributed by atoms with Gasteiger partial charge < -0.3 is 19.2 Å². The van der Waals surface area contributed by atoms with Crippen LogP contribution in [0, 0.1) is 0 Å². The van der Waals surface area contributed by atoms with Gasteiger partial charge in [-0.3, -0.25) is 9.59 Å². The molecule has 1 aromatic heterocycles. The van der Waals surface area contributed by atoms with Crippen LogP contribution in [0.2, 0.25) is 0 Å². The summed E-state index contributed by atoms with van der Waals surface area (Å²) in [5.41, 5.74) is 1.82. The minimum atomic E-state index is -1.11. The maximum absolute atomic E-state index is 12.6. The second-order valence-electron chi connectivity index (χ2n) is 6.48. The molecule has 7 nitrogen and oxygen atoms in total. The van der Waals surface area contributed by atoms with E-state index in [4.69, 9.17) is 13.9 Å². The zero-order valence-corrected chi connectivity index (χ0v) is 16.4. The number of hydrogen-bond acceptors (Lipinski definition) is 6. The summed E-state index contributed by atoms with van der Waals surface area (Å²) in [5.74, 6) is -1.51. The van der Waals surface area contributed by atoms with Crippen LogP contribution in [-0.4, -0.2) is 30.9 Å². The largest absolute Gasteiger partial charge is 0.449 e. The van der Waals surface area contributed by atoms with E-state index < -0.39 is 18.0 Å². The minimum absolute atomic E-state index is 0.00293. The fourth-order valence-electron chi connectivity index (χ4n) is 2.95. The van der Waals surface area contributed by atoms with Crippen LogP contribution in [0.5, 0.6) is 0 Å². The van der Waals surface area contributed by atoms with Crippen molar-refractivity contribution in [2.45, 2.75) is 26.6 Å². The average Bonchev–Trinajstić information content (AvgIpc) is 3.07.